The van der Waals surface area contributed by atoms with Crippen molar-refractivity contribution in [2.24, 2.45) is 0 Å². The van der Waals surface area contributed by atoms with E-state index < -0.39 is 6.04 Å². The zero-order valence-corrected chi connectivity index (χ0v) is 9.85. The topological polar surface area (TPSA) is 62.1 Å². The van der Waals surface area contributed by atoms with E-state index in [9.17, 15) is 4.79 Å². The Hall–Kier alpha value is -1.86. The van der Waals surface area contributed by atoms with Crippen LogP contribution in [0.5, 0.6) is 0 Å². The molecule has 1 amide bonds. The molecule has 1 rings (SSSR count). The van der Waals surface area contributed by atoms with Gasteiger partial charge in [0.1, 0.15) is 6.04 Å². The second-order valence-corrected chi connectivity index (χ2v) is 3.60. The van der Waals surface area contributed by atoms with Crippen LogP contribution in [0.2, 0.25) is 0 Å². The van der Waals surface area contributed by atoms with E-state index in [0.29, 0.717) is 13.0 Å². The molecule has 0 aromatic heterocycles. The van der Waals surface area contributed by atoms with Gasteiger partial charge < -0.3 is 10.1 Å². The Balaban J connectivity index is 2.29. The summed E-state index contributed by atoms with van der Waals surface area (Å²) >= 11 is 0. The molecule has 0 saturated heterocycles. The third kappa shape index (κ3) is 5.14. The SMILES string of the molecule is CCC(=O)NC(C#N)COCc1ccccc1. The number of carbonyl (C=O) groups excluding carboxylic acids is 1. The number of nitrogens with zero attached hydrogens (tertiary/aromatic N) is 1. The van der Waals surface area contributed by atoms with Gasteiger partial charge in [-0.3, -0.25) is 4.79 Å². The first kappa shape index (κ1) is 13.2. The molecule has 0 bridgehead atoms. The van der Waals surface area contributed by atoms with Gasteiger partial charge in [-0.1, -0.05) is 37.3 Å². The second-order valence-electron chi connectivity index (χ2n) is 3.60. The molecule has 1 unspecified atom stereocenters. The first-order valence-corrected chi connectivity index (χ1v) is 5.57. The van der Waals surface area contributed by atoms with E-state index in [0.717, 1.165) is 5.56 Å². The van der Waals surface area contributed by atoms with Crippen LogP contribution in [-0.2, 0) is 16.1 Å². The maximum absolute atomic E-state index is 11.1. The largest absolute Gasteiger partial charge is 0.374 e. The predicted octanol–water partition coefficient (Wildman–Crippen LogP) is 1.62. The summed E-state index contributed by atoms with van der Waals surface area (Å²) in [5.74, 6) is -0.139. The van der Waals surface area contributed by atoms with Crippen molar-refractivity contribution in [3.63, 3.8) is 0 Å². The van der Waals surface area contributed by atoms with Crippen LogP contribution in [0.15, 0.2) is 30.3 Å². The molecular weight excluding hydrogens is 216 g/mol. The lowest BCUT2D eigenvalue weighted by molar-refractivity contribution is -0.121. The van der Waals surface area contributed by atoms with E-state index >= 15 is 0 Å². The third-order valence-electron chi connectivity index (χ3n) is 2.21. The van der Waals surface area contributed by atoms with Gasteiger partial charge in [-0.2, -0.15) is 5.26 Å². The number of carbonyl (C=O) groups is 1. The number of hydrogen-bond donors (Lipinski definition) is 1. The molecule has 0 saturated carbocycles. The fraction of sp³-hybridized carbons (Fsp3) is 0.385. The molecule has 0 aliphatic rings. The number of nitrogens with one attached hydrogen (secondary N) is 1. The molecule has 0 heterocycles. The average molecular weight is 232 g/mol. The molecule has 17 heavy (non-hydrogen) atoms. The third-order valence-corrected chi connectivity index (χ3v) is 2.21. The first-order chi connectivity index (χ1) is 8.26. The van der Waals surface area contributed by atoms with Crippen molar-refractivity contribution < 1.29 is 9.53 Å². The van der Waals surface area contributed by atoms with E-state index in [4.69, 9.17) is 10.00 Å². The summed E-state index contributed by atoms with van der Waals surface area (Å²) in [6.07, 6.45) is 0.372. The van der Waals surface area contributed by atoms with Crippen LogP contribution < -0.4 is 5.32 Å². The Morgan fingerprint density at radius 1 is 1.47 bits per heavy atom. The number of hydrogen-bond acceptors (Lipinski definition) is 3. The summed E-state index contributed by atoms with van der Waals surface area (Å²) in [6.45, 7) is 2.40. The Morgan fingerprint density at radius 2 is 2.18 bits per heavy atom. The Morgan fingerprint density at radius 3 is 2.76 bits per heavy atom. The summed E-state index contributed by atoms with van der Waals surface area (Å²) < 4.78 is 5.38. The quantitative estimate of drug-likeness (QED) is 0.810. The minimum atomic E-state index is -0.578. The maximum atomic E-state index is 11.1. The Bertz CT molecular complexity index is 384. The van der Waals surface area contributed by atoms with Crippen LogP contribution in [-0.4, -0.2) is 18.6 Å². The van der Waals surface area contributed by atoms with Crippen LogP contribution >= 0.6 is 0 Å². The molecule has 0 aliphatic heterocycles. The molecule has 90 valence electrons. The van der Waals surface area contributed by atoms with Gasteiger partial charge in [-0.15, -0.1) is 0 Å². The van der Waals surface area contributed by atoms with Gasteiger partial charge >= 0.3 is 0 Å². The highest BCUT2D eigenvalue weighted by Gasteiger charge is 2.09. The van der Waals surface area contributed by atoms with Crippen molar-refractivity contribution >= 4 is 5.91 Å². The standard InChI is InChI=1S/C13H16N2O2/c1-2-13(16)15-12(8-14)10-17-9-11-6-4-3-5-7-11/h3-7,12H,2,9-10H2,1H3,(H,15,16). The van der Waals surface area contributed by atoms with Gasteiger partial charge in [-0.25, -0.2) is 0 Å². The van der Waals surface area contributed by atoms with Gasteiger partial charge in [0.25, 0.3) is 0 Å². The number of benzene rings is 1. The molecule has 0 aliphatic carbocycles. The Kier molecular flexibility index (Phi) is 5.76. The number of nitriles is 1. The summed E-state index contributed by atoms with van der Waals surface area (Å²) in [5.41, 5.74) is 1.05. The lowest BCUT2D eigenvalue weighted by atomic mass is 10.2. The zero-order chi connectivity index (χ0) is 12.5. The van der Waals surface area contributed by atoms with Gasteiger partial charge in [0.2, 0.25) is 5.91 Å². The van der Waals surface area contributed by atoms with Crippen molar-refractivity contribution in [2.45, 2.75) is 26.0 Å². The molecule has 1 aromatic carbocycles. The molecule has 1 atom stereocenters. The predicted molar refractivity (Wildman–Crippen MR) is 63.9 cm³/mol. The molecule has 4 nitrogen and oxygen atoms in total. The van der Waals surface area contributed by atoms with E-state index in [1.807, 2.05) is 36.4 Å². The van der Waals surface area contributed by atoms with Crippen LogP contribution in [0.25, 0.3) is 0 Å². The van der Waals surface area contributed by atoms with Crippen molar-refractivity contribution in [1.82, 2.24) is 5.32 Å². The molecule has 1 N–H and O–H groups in total. The molecule has 4 heteroatoms. The van der Waals surface area contributed by atoms with Crippen molar-refractivity contribution in [2.75, 3.05) is 6.61 Å². The van der Waals surface area contributed by atoms with Gasteiger partial charge in [0.15, 0.2) is 0 Å². The van der Waals surface area contributed by atoms with Crippen molar-refractivity contribution in [3.8, 4) is 6.07 Å². The lowest BCUT2D eigenvalue weighted by Crippen LogP contribution is -2.36. The van der Waals surface area contributed by atoms with Gasteiger partial charge in [0.05, 0.1) is 19.3 Å². The molecule has 1 aromatic rings. The Labute approximate surface area is 101 Å². The first-order valence-electron chi connectivity index (χ1n) is 5.57. The van der Waals surface area contributed by atoms with E-state index in [-0.39, 0.29) is 12.5 Å². The number of ether oxygens (including phenoxy) is 1. The van der Waals surface area contributed by atoms with E-state index in [2.05, 4.69) is 5.32 Å². The van der Waals surface area contributed by atoms with Crippen LogP contribution in [0.1, 0.15) is 18.9 Å². The maximum Gasteiger partial charge on any atom is 0.220 e. The highest BCUT2D eigenvalue weighted by atomic mass is 16.5. The molecular formula is C13H16N2O2. The summed E-state index contributed by atoms with van der Waals surface area (Å²) in [7, 11) is 0. The van der Waals surface area contributed by atoms with Crippen LogP contribution in [0, 0.1) is 11.3 Å². The fourth-order valence-corrected chi connectivity index (χ4v) is 1.28. The lowest BCUT2D eigenvalue weighted by Gasteiger charge is -2.11. The van der Waals surface area contributed by atoms with E-state index in [1.54, 1.807) is 6.92 Å². The van der Waals surface area contributed by atoms with Crippen LogP contribution in [0.3, 0.4) is 0 Å². The highest BCUT2D eigenvalue weighted by molar-refractivity contribution is 5.76. The highest BCUT2D eigenvalue weighted by Crippen LogP contribution is 2.00. The van der Waals surface area contributed by atoms with Crippen molar-refractivity contribution in [3.05, 3.63) is 35.9 Å². The van der Waals surface area contributed by atoms with E-state index in [1.165, 1.54) is 0 Å². The smallest absolute Gasteiger partial charge is 0.220 e. The summed E-state index contributed by atoms with van der Waals surface area (Å²) in [5, 5.41) is 11.4. The second kappa shape index (κ2) is 7.42. The van der Waals surface area contributed by atoms with Crippen molar-refractivity contribution in [1.29, 1.82) is 5.26 Å². The molecule has 0 spiro atoms. The molecule has 0 fully saturated rings. The average Bonchev–Trinajstić information content (AvgIpc) is 2.38. The van der Waals surface area contributed by atoms with Gasteiger partial charge in [0, 0.05) is 6.42 Å². The molecule has 0 radical (unpaired) electrons. The minimum absolute atomic E-state index is 0.139. The summed E-state index contributed by atoms with van der Waals surface area (Å²) in [6, 6.07) is 11.1. The number of rotatable bonds is 6. The normalized spacial score (nSPS) is 11.5. The van der Waals surface area contributed by atoms with Gasteiger partial charge in [-0.05, 0) is 5.56 Å². The van der Waals surface area contributed by atoms with Crippen LogP contribution in [0.4, 0.5) is 0 Å². The number of amides is 1. The monoisotopic (exact) mass is 232 g/mol. The minimum Gasteiger partial charge on any atom is -0.374 e. The zero-order valence-electron chi connectivity index (χ0n) is 9.85. The summed E-state index contributed by atoms with van der Waals surface area (Å²) in [4.78, 5) is 11.1. The fourth-order valence-electron chi connectivity index (χ4n) is 1.28.